The quantitative estimate of drug-likeness (QED) is 0.858. The van der Waals surface area contributed by atoms with E-state index in [9.17, 15) is 14.7 Å². The fourth-order valence-corrected chi connectivity index (χ4v) is 4.19. The molecule has 1 aromatic rings. The molecule has 0 unspecified atom stereocenters. The molecule has 5 heteroatoms. The van der Waals surface area contributed by atoms with E-state index in [4.69, 9.17) is 0 Å². The number of likely N-dealkylation sites (tertiary alicyclic amines) is 1. The Morgan fingerprint density at radius 1 is 1.28 bits per heavy atom. The number of benzene rings is 1. The predicted octanol–water partition coefficient (Wildman–Crippen LogP) is 1.97. The molecule has 25 heavy (non-hydrogen) atoms. The number of hydrogen-bond donors (Lipinski definition) is 2. The summed E-state index contributed by atoms with van der Waals surface area (Å²) < 4.78 is 0. The summed E-state index contributed by atoms with van der Waals surface area (Å²) in [6.45, 7) is 4.75. The molecule has 3 rings (SSSR count). The van der Waals surface area contributed by atoms with E-state index in [-0.39, 0.29) is 24.3 Å². The van der Waals surface area contributed by atoms with E-state index in [1.54, 1.807) is 4.90 Å². The minimum atomic E-state index is -1.03. The van der Waals surface area contributed by atoms with Crippen LogP contribution in [0.5, 0.6) is 0 Å². The number of aryl methyl sites for hydroxylation is 1. The van der Waals surface area contributed by atoms with Crippen molar-refractivity contribution in [3.8, 4) is 0 Å². The molecule has 0 bridgehead atoms. The minimum Gasteiger partial charge on any atom is -0.383 e. The second-order valence-corrected chi connectivity index (χ2v) is 7.64. The van der Waals surface area contributed by atoms with Crippen LogP contribution in [0.25, 0.3) is 0 Å². The normalized spacial score (nSPS) is 24.3. The Hall–Kier alpha value is -1.88. The molecule has 1 heterocycles. The summed E-state index contributed by atoms with van der Waals surface area (Å²) in [6.07, 6.45) is 3.84. The maximum Gasteiger partial charge on any atom is 0.243 e. The van der Waals surface area contributed by atoms with E-state index in [1.807, 2.05) is 38.1 Å². The molecule has 0 spiro atoms. The smallest absolute Gasteiger partial charge is 0.243 e. The van der Waals surface area contributed by atoms with Crippen LogP contribution in [0, 0.1) is 5.92 Å². The van der Waals surface area contributed by atoms with Gasteiger partial charge in [0.2, 0.25) is 11.8 Å². The molecule has 1 aromatic carbocycles. The van der Waals surface area contributed by atoms with Gasteiger partial charge >= 0.3 is 0 Å². The van der Waals surface area contributed by atoms with Crippen LogP contribution in [0.2, 0.25) is 0 Å². The molecule has 1 saturated heterocycles. The molecule has 5 nitrogen and oxygen atoms in total. The average molecular weight is 344 g/mol. The Morgan fingerprint density at radius 2 is 2.04 bits per heavy atom. The number of amides is 2. The highest BCUT2D eigenvalue weighted by atomic mass is 16.3. The second-order valence-electron chi connectivity index (χ2n) is 7.64. The van der Waals surface area contributed by atoms with Gasteiger partial charge in [-0.05, 0) is 42.7 Å². The Balaban J connectivity index is 1.72. The summed E-state index contributed by atoms with van der Waals surface area (Å²) in [7, 11) is 0. The zero-order valence-corrected chi connectivity index (χ0v) is 15.1. The lowest BCUT2D eigenvalue weighted by atomic mass is 9.79. The molecule has 1 aliphatic heterocycles. The van der Waals surface area contributed by atoms with E-state index < -0.39 is 11.6 Å². The third-order valence-corrected chi connectivity index (χ3v) is 5.46. The van der Waals surface area contributed by atoms with Gasteiger partial charge in [-0.3, -0.25) is 9.59 Å². The van der Waals surface area contributed by atoms with Gasteiger partial charge in [0, 0.05) is 13.0 Å². The monoisotopic (exact) mass is 344 g/mol. The Kier molecular flexibility index (Phi) is 5.13. The van der Waals surface area contributed by atoms with Crippen molar-refractivity contribution in [3.05, 3.63) is 35.4 Å². The van der Waals surface area contributed by atoms with Crippen LogP contribution in [-0.4, -0.2) is 41.0 Å². The van der Waals surface area contributed by atoms with Gasteiger partial charge in [-0.15, -0.1) is 0 Å². The van der Waals surface area contributed by atoms with E-state index in [0.717, 1.165) is 30.4 Å². The number of carbonyl (C=O) groups is 2. The van der Waals surface area contributed by atoms with Gasteiger partial charge in [-0.1, -0.05) is 38.1 Å². The highest BCUT2D eigenvalue weighted by molar-refractivity contribution is 5.88. The molecule has 2 N–H and O–H groups in total. The van der Waals surface area contributed by atoms with Gasteiger partial charge in [0.1, 0.15) is 11.6 Å². The zero-order valence-electron chi connectivity index (χ0n) is 15.1. The molecule has 0 radical (unpaired) electrons. The first-order chi connectivity index (χ1) is 11.9. The van der Waals surface area contributed by atoms with Gasteiger partial charge < -0.3 is 15.3 Å². The third-order valence-electron chi connectivity index (χ3n) is 5.46. The minimum absolute atomic E-state index is 0.0373. The Bertz CT molecular complexity index is 658. The van der Waals surface area contributed by atoms with Crippen molar-refractivity contribution in [2.75, 3.05) is 13.1 Å². The number of rotatable bonds is 5. The van der Waals surface area contributed by atoms with Crippen molar-refractivity contribution in [2.45, 2.75) is 57.6 Å². The maximum absolute atomic E-state index is 12.8. The van der Waals surface area contributed by atoms with Crippen molar-refractivity contribution in [2.24, 2.45) is 5.92 Å². The fraction of sp³-hybridized carbons (Fsp3) is 0.600. The maximum atomic E-state index is 12.8. The Morgan fingerprint density at radius 3 is 2.72 bits per heavy atom. The molecule has 0 saturated carbocycles. The first-order valence-electron chi connectivity index (χ1n) is 9.30. The van der Waals surface area contributed by atoms with Crippen molar-refractivity contribution in [1.82, 2.24) is 10.2 Å². The van der Waals surface area contributed by atoms with Crippen LogP contribution in [0.4, 0.5) is 0 Å². The molecule has 1 aliphatic carbocycles. The van der Waals surface area contributed by atoms with Gasteiger partial charge in [-0.2, -0.15) is 0 Å². The molecule has 2 atom stereocenters. The summed E-state index contributed by atoms with van der Waals surface area (Å²) in [6, 6.07) is 7.44. The van der Waals surface area contributed by atoms with Crippen LogP contribution < -0.4 is 5.32 Å². The number of hydrogen-bond acceptors (Lipinski definition) is 3. The molecule has 0 aromatic heterocycles. The SMILES string of the molecule is CC(C)[C@@H](C(=O)NC[C@]1(O)CCCc2ccccc21)N1CCCC1=O. The van der Waals surface area contributed by atoms with Crippen LogP contribution in [-0.2, 0) is 21.6 Å². The molecule has 2 amide bonds. The van der Waals surface area contributed by atoms with Gasteiger partial charge in [0.15, 0.2) is 0 Å². The highest BCUT2D eigenvalue weighted by Crippen LogP contribution is 2.34. The summed E-state index contributed by atoms with van der Waals surface area (Å²) in [5.74, 6) is -0.0763. The summed E-state index contributed by atoms with van der Waals surface area (Å²) in [5, 5.41) is 14.0. The lowest BCUT2D eigenvalue weighted by Crippen LogP contribution is -2.53. The number of carbonyl (C=O) groups excluding carboxylic acids is 2. The fourth-order valence-electron chi connectivity index (χ4n) is 4.19. The number of fused-ring (bicyclic) bond motifs is 1. The predicted molar refractivity (Wildman–Crippen MR) is 95.9 cm³/mol. The molecule has 1 fully saturated rings. The summed E-state index contributed by atoms with van der Waals surface area (Å²) in [5.41, 5.74) is 1.04. The Labute approximate surface area is 149 Å². The number of nitrogens with one attached hydrogen (secondary N) is 1. The summed E-state index contributed by atoms with van der Waals surface area (Å²) >= 11 is 0. The van der Waals surface area contributed by atoms with Crippen molar-refractivity contribution in [3.63, 3.8) is 0 Å². The number of nitrogens with zero attached hydrogens (tertiary/aromatic N) is 1. The molecule has 136 valence electrons. The largest absolute Gasteiger partial charge is 0.383 e. The third kappa shape index (κ3) is 3.56. The van der Waals surface area contributed by atoms with Crippen LogP contribution in [0.15, 0.2) is 24.3 Å². The topological polar surface area (TPSA) is 69.6 Å². The van der Waals surface area contributed by atoms with E-state index in [0.29, 0.717) is 19.4 Å². The van der Waals surface area contributed by atoms with E-state index in [1.165, 1.54) is 0 Å². The first-order valence-corrected chi connectivity index (χ1v) is 9.30. The van der Waals surface area contributed by atoms with E-state index in [2.05, 4.69) is 5.32 Å². The van der Waals surface area contributed by atoms with Crippen LogP contribution in [0.3, 0.4) is 0 Å². The molecular formula is C20H28N2O3. The average Bonchev–Trinajstić information content (AvgIpc) is 2.99. The standard InChI is InChI=1S/C20H28N2O3/c1-14(2)18(22-12-6-10-17(22)23)19(24)21-13-20(25)11-5-8-15-7-3-4-9-16(15)20/h3-4,7,9,14,18,25H,5-6,8,10-13H2,1-2H3,(H,21,24)/t18-,20+/m0/s1. The van der Waals surface area contributed by atoms with Crippen molar-refractivity contribution >= 4 is 11.8 Å². The zero-order chi connectivity index (χ0) is 18.0. The van der Waals surface area contributed by atoms with Gasteiger partial charge in [0.05, 0.1) is 6.54 Å². The first kappa shape index (κ1) is 17.9. The molecular weight excluding hydrogens is 316 g/mol. The van der Waals surface area contributed by atoms with Crippen LogP contribution >= 0.6 is 0 Å². The van der Waals surface area contributed by atoms with E-state index >= 15 is 0 Å². The number of aliphatic hydroxyl groups is 1. The van der Waals surface area contributed by atoms with Gasteiger partial charge in [-0.25, -0.2) is 0 Å². The highest BCUT2D eigenvalue weighted by Gasteiger charge is 2.38. The molecule has 2 aliphatic rings. The van der Waals surface area contributed by atoms with Gasteiger partial charge in [0.25, 0.3) is 0 Å². The lowest BCUT2D eigenvalue weighted by Gasteiger charge is -2.36. The summed E-state index contributed by atoms with van der Waals surface area (Å²) in [4.78, 5) is 26.5. The second kappa shape index (κ2) is 7.16. The van der Waals surface area contributed by atoms with Crippen molar-refractivity contribution < 1.29 is 14.7 Å². The van der Waals surface area contributed by atoms with Crippen molar-refractivity contribution in [1.29, 1.82) is 0 Å². The lowest BCUT2D eigenvalue weighted by molar-refractivity contribution is -0.139. The van der Waals surface area contributed by atoms with Crippen LogP contribution in [0.1, 0.15) is 50.7 Å².